The Kier molecular flexibility index (Phi) is 7.67. The van der Waals surface area contributed by atoms with Gasteiger partial charge in [-0.25, -0.2) is 0 Å². The van der Waals surface area contributed by atoms with Gasteiger partial charge in [-0.2, -0.15) is 0 Å². The predicted molar refractivity (Wildman–Crippen MR) is 147 cm³/mol. The van der Waals surface area contributed by atoms with Gasteiger partial charge in [0.2, 0.25) is 0 Å². The molecule has 5 rings (SSSR count). The lowest BCUT2D eigenvalue weighted by Crippen LogP contribution is -2.35. The Balaban J connectivity index is 1.18. The zero-order valence-corrected chi connectivity index (χ0v) is 21.1. The summed E-state index contributed by atoms with van der Waals surface area (Å²) in [6.45, 7) is 8.03. The van der Waals surface area contributed by atoms with Crippen LogP contribution >= 0.6 is 0 Å². The lowest BCUT2D eigenvalue weighted by Gasteiger charge is -2.28. The van der Waals surface area contributed by atoms with Gasteiger partial charge in [0, 0.05) is 56.2 Å². The van der Waals surface area contributed by atoms with E-state index in [2.05, 4.69) is 89.5 Å². The van der Waals surface area contributed by atoms with Crippen LogP contribution < -0.4 is 9.64 Å². The highest BCUT2D eigenvalue weighted by molar-refractivity contribution is 5.94. The summed E-state index contributed by atoms with van der Waals surface area (Å²) in [4.78, 5) is 20.0. The second-order valence-corrected chi connectivity index (χ2v) is 9.53. The van der Waals surface area contributed by atoms with Gasteiger partial charge >= 0.3 is 0 Å². The second-order valence-electron chi connectivity index (χ2n) is 9.53. The molecule has 0 unspecified atom stereocenters. The summed E-state index contributed by atoms with van der Waals surface area (Å²) < 4.78 is 5.70. The van der Waals surface area contributed by atoms with Crippen molar-refractivity contribution >= 4 is 23.4 Å². The van der Waals surface area contributed by atoms with Crippen molar-refractivity contribution in [2.75, 3.05) is 44.2 Å². The van der Waals surface area contributed by atoms with Crippen molar-refractivity contribution in [3.63, 3.8) is 0 Å². The largest absolute Gasteiger partial charge is 0.494 e. The van der Waals surface area contributed by atoms with Gasteiger partial charge in [-0.05, 0) is 66.4 Å². The van der Waals surface area contributed by atoms with Gasteiger partial charge in [-0.1, -0.05) is 49.4 Å². The quantitative estimate of drug-likeness (QED) is 0.415. The normalized spacial score (nSPS) is 15.9. The molecular formula is C31H35N3O2. The van der Waals surface area contributed by atoms with Crippen LogP contribution in [-0.4, -0.2) is 55.0 Å². The molecule has 0 N–H and O–H groups in total. The SMILES string of the molecule is CCCOc1ccc(CN2CCCN(C(=O)c3ccc(N4CC=Cc5ccccc54)cc3)CC2)cc1. The molecule has 2 aliphatic rings. The van der Waals surface area contributed by atoms with Crippen LogP contribution in [0.1, 0.15) is 41.3 Å². The zero-order valence-electron chi connectivity index (χ0n) is 21.1. The number of carbonyl (C=O) groups is 1. The number of rotatable bonds is 7. The Labute approximate surface area is 214 Å². The molecule has 186 valence electrons. The van der Waals surface area contributed by atoms with Crippen molar-refractivity contribution in [1.29, 1.82) is 0 Å². The third kappa shape index (κ3) is 5.63. The van der Waals surface area contributed by atoms with Crippen LogP contribution in [-0.2, 0) is 6.54 Å². The molecule has 0 aromatic heterocycles. The molecular weight excluding hydrogens is 446 g/mol. The fourth-order valence-corrected chi connectivity index (χ4v) is 4.97. The van der Waals surface area contributed by atoms with Gasteiger partial charge in [0.15, 0.2) is 0 Å². The fraction of sp³-hybridized carbons (Fsp3) is 0.323. The molecule has 2 aliphatic heterocycles. The Morgan fingerprint density at radius 2 is 1.69 bits per heavy atom. The number of fused-ring (bicyclic) bond motifs is 1. The lowest BCUT2D eigenvalue weighted by molar-refractivity contribution is 0.0761. The van der Waals surface area contributed by atoms with Crippen molar-refractivity contribution in [2.45, 2.75) is 26.3 Å². The summed E-state index contributed by atoms with van der Waals surface area (Å²) in [5.41, 5.74) is 5.57. The number of para-hydroxylation sites is 1. The van der Waals surface area contributed by atoms with Crippen LogP contribution in [0.3, 0.4) is 0 Å². The van der Waals surface area contributed by atoms with E-state index in [-0.39, 0.29) is 5.91 Å². The number of nitrogens with zero attached hydrogens (tertiary/aromatic N) is 3. The molecule has 0 bridgehead atoms. The summed E-state index contributed by atoms with van der Waals surface area (Å²) in [7, 11) is 0. The van der Waals surface area contributed by atoms with E-state index in [1.54, 1.807) is 0 Å². The molecule has 36 heavy (non-hydrogen) atoms. The molecule has 5 nitrogen and oxygen atoms in total. The molecule has 3 aromatic rings. The van der Waals surface area contributed by atoms with E-state index in [9.17, 15) is 4.79 Å². The first-order valence-corrected chi connectivity index (χ1v) is 13.1. The minimum atomic E-state index is 0.125. The van der Waals surface area contributed by atoms with Crippen LogP contribution in [0.25, 0.3) is 6.08 Å². The Bertz CT molecular complexity index is 1190. The third-order valence-electron chi connectivity index (χ3n) is 6.92. The number of anilines is 2. The molecule has 3 aromatic carbocycles. The smallest absolute Gasteiger partial charge is 0.253 e. The summed E-state index contributed by atoms with van der Waals surface area (Å²) in [6, 6.07) is 24.9. The Morgan fingerprint density at radius 3 is 2.50 bits per heavy atom. The Morgan fingerprint density at radius 1 is 0.889 bits per heavy atom. The molecule has 1 amide bonds. The number of carbonyl (C=O) groups excluding carboxylic acids is 1. The van der Waals surface area contributed by atoms with E-state index in [4.69, 9.17) is 4.74 Å². The van der Waals surface area contributed by atoms with Crippen molar-refractivity contribution in [2.24, 2.45) is 0 Å². The molecule has 1 fully saturated rings. The molecule has 0 radical (unpaired) electrons. The van der Waals surface area contributed by atoms with Gasteiger partial charge in [-0.3, -0.25) is 9.69 Å². The number of hydrogen-bond acceptors (Lipinski definition) is 4. The van der Waals surface area contributed by atoms with E-state index in [0.29, 0.717) is 0 Å². The van der Waals surface area contributed by atoms with Crippen molar-refractivity contribution in [3.8, 4) is 5.75 Å². The minimum absolute atomic E-state index is 0.125. The predicted octanol–water partition coefficient (Wildman–Crippen LogP) is 5.99. The molecule has 0 atom stereocenters. The Hall–Kier alpha value is -3.57. The third-order valence-corrected chi connectivity index (χ3v) is 6.92. The van der Waals surface area contributed by atoms with Crippen molar-refractivity contribution < 1.29 is 9.53 Å². The van der Waals surface area contributed by atoms with Crippen molar-refractivity contribution in [3.05, 3.63) is 95.6 Å². The van der Waals surface area contributed by atoms with Crippen LogP contribution in [0.2, 0.25) is 0 Å². The van der Waals surface area contributed by atoms with Crippen LogP contribution in [0, 0.1) is 0 Å². The first kappa shape index (κ1) is 24.1. The van der Waals surface area contributed by atoms with Crippen LogP contribution in [0.15, 0.2) is 78.9 Å². The van der Waals surface area contributed by atoms with Gasteiger partial charge in [0.25, 0.3) is 5.91 Å². The van der Waals surface area contributed by atoms with Gasteiger partial charge < -0.3 is 14.5 Å². The first-order valence-electron chi connectivity index (χ1n) is 13.1. The van der Waals surface area contributed by atoms with E-state index in [1.807, 2.05) is 17.0 Å². The maximum atomic E-state index is 13.3. The molecule has 2 heterocycles. The topological polar surface area (TPSA) is 36.0 Å². The summed E-state index contributed by atoms with van der Waals surface area (Å²) >= 11 is 0. The fourth-order valence-electron chi connectivity index (χ4n) is 4.97. The highest BCUT2D eigenvalue weighted by Gasteiger charge is 2.21. The summed E-state index contributed by atoms with van der Waals surface area (Å²) in [5, 5.41) is 0. The van der Waals surface area contributed by atoms with Crippen LogP contribution in [0.5, 0.6) is 5.75 Å². The van der Waals surface area contributed by atoms with Gasteiger partial charge in [0.05, 0.1) is 6.61 Å². The number of hydrogen-bond donors (Lipinski definition) is 0. The monoisotopic (exact) mass is 481 g/mol. The summed E-state index contributed by atoms with van der Waals surface area (Å²) in [5.74, 6) is 1.06. The molecule has 0 spiro atoms. The first-order chi connectivity index (χ1) is 17.7. The molecule has 5 heteroatoms. The standard InChI is InChI=1S/C31H35N3O2/c1-2-23-36-29-16-10-25(11-17-29)24-32-18-6-19-33(22-21-32)31(35)27-12-14-28(15-13-27)34-20-5-8-26-7-3-4-9-30(26)34/h3-5,7-17H,2,6,18-24H2,1H3. The highest BCUT2D eigenvalue weighted by atomic mass is 16.5. The highest BCUT2D eigenvalue weighted by Crippen LogP contribution is 2.32. The number of amides is 1. The van der Waals surface area contributed by atoms with E-state index < -0.39 is 0 Å². The molecule has 0 aliphatic carbocycles. The summed E-state index contributed by atoms with van der Waals surface area (Å²) in [6.07, 6.45) is 6.35. The lowest BCUT2D eigenvalue weighted by atomic mass is 10.1. The second kappa shape index (κ2) is 11.4. The molecule has 0 saturated carbocycles. The molecule has 1 saturated heterocycles. The average molecular weight is 482 g/mol. The zero-order chi connectivity index (χ0) is 24.7. The maximum absolute atomic E-state index is 13.3. The van der Waals surface area contributed by atoms with Gasteiger partial charge in [0.1, 0.15) is 5.75 Å². The maximum Gasteiger partial charge on any atom is 0.253 e. The minimum Gasteiger partial charge on any atom is -0.494 e. The number of benzene rings is 3. The average Bonchev–Trinajstić information content (AvgIpc) is 3.17. The van der Waals surface area contributed by atoms with E-state index in [0.717, 1.165) is 75.7 Å². The van der Waals surface area contributed by atoms with Gasteiger partial charge in [-0.15, -0.1) is 0 Å². The van der Waals surface area contributed by atoms with E-state index >= 15 is 0 Å². The van der Waals surface area contributed by atoms with Crippen molar-refractivity contribution in [1.82, 2.24) is 9.80 Å². The van der Waals surface area contributed by atoms with Crippen LogP contribution in [0.4, 0.5) is 11.4 Å². The van der Waals surface area contributed by atoms with E-state index in [1.165, 1.54) is 16.8 Å². The number of ether oxygens (including phenoxy) is 1.